The highest BCUT2D eigenvalue weighted by Crippen LogP contribution is 2.43. The van der Waals surface area contributed by atoms with E-state index in [2.05, 4.69) is 10.6 Å². The third kappa shape index (κ3) is 7.15. The number of benzene rings is 3. The van der Waals surface area contributed by atoms with Gasteiger partial charge in [-0.1, -0.05) is 29.8 Å². The second-order valence-corrected chi connectivity index (χ2v) is 16.8. The fourth-order valence-electron chi connectivity index (χ4n) is 5.75. The van der Waals surface area contributed by atoms with Crippen molar-refractivity contribution in [2.45, 2.75) is 46.1 Å². The molecular weight excluding hydrogens is 641 g/mol. The molecule has 0 unspecified atom stereocenters. The summed E-state index contributed by atoms with van der Waals surface area (Å²) in [6, 6.07) is 15.5. The van der Waals surface area contributed by atoms with Gasteiger partial charge in [-0.15, -0.1) is 0 Å². The first-order valence-electron chi connectivity index (χ1n) is 15.2. The zero-order valence-corrected chi connectivity index (χ0v) is 29.2. The Bertz CT molecular complexity index is 2100. The number of carbonyl (C=O) groups excluding carboxylic acids is 2. The molecule has 1 aromatic heterocycles. The molecule has 2 N–H and O–H groups in total. The topological polar surface area (TPSA) is 146 Å². The molecule has 0 radical (unpaired) electrons. The first-order valence-corrected chi connectivity index (χ1v) is 18.9. The minimum absolute atomic E-state index is 0.0657. The summed E-state index contributed by atoms with van der Waals surface area (Å²) in [5, 5.41) is 6.04. The molecule has 13 heteroatoms. The third-order valence-electron chi connectivity index (χ3n) is 7.88. The number of sulfonamides is 2. The molecule has 0 aliphatic carbocycles. The minimum atomic E-state index is -3.85. The van der Waals surface area contributed by atoms with Crippen molar-refractivity contribution in [1.82, 2.24) is 10.6 Å². The van der Waals surface area contributed by atoms with Crippen molar-refractivity contribution in [2.75, 3.05) is 41.3 Å². The smallest absolute Gasteiger partial charge is 0.255 e. The van der Waals surface area contributed by atoms with Crippen LogP contribution in [0.3, 0.4) is 0 Å². The van der Waals surface area contributed by atoms with E-state index in [9.17, 15) is 26.4 Å². The first kappa shape index (κ1) is 34.0. The number of hydrogen-bond acceptors (Lipinski definition) is 7. The molecule has 0 atom stereocenters. The van der Waals surface area contributed by atoms with Gasteiger partial charge in [-0.25, -0.2) is 16.8 Å². The van der Waals surface area contributed by atoms with Crippen LogP contribution in [-0.4, -0.2) is 66.8 Å². The lowest BCUT2D eigenvalue weighted by Gasteiger charge is -2.25. The number of fused-ring (bicyclic) bond motifs is 5. The van der Waals surface area contributed by atoms with E-state index in [0.29, 0.717) is 46.3 Å². The second-order valence-electron chi connectivity index (χ2n) is 13.0. The average Bonchev–Trinajstić information content (AvgIpc) is 3.33. The highest BCUT2D eigenvalue weighted by Gasteiger charge is 2.30. The van der Waals surface area contributed by atoms with Crippen LogP contribution in [0.25, 0.3) is 33.4 Å². The van der Waals surface area contributed by atoms with Crippen LogP contribution in [0.4, 0.5) is 11.4 Å². The van der Waals surface area contributed by atoms with Crippen molar-refractivity contribution in [1.29, 1.82) is 0 Å². The molecule has 0 saturated carbocycles. The number of nitrogens with one attached hydrogen (secondary N) is 2. The summed E-state index contributed by atoms with van der Waals surface area (Å²) in [5.41, 5.74) is 3.16. The zero-order chi connectivity index (χ0) is 34.5. The number of nitrogens with zero attached hydrogens (tertiary/aromatic N) is 2. The van der Waals surface area contributed by atoms with Crippen LogP contribution >= 0.6 is 0 Å². The monoisotopic (exact) mass is 680 g/mol. The Morgan fingerprint density at radius 3 is 2.00 bits per heavy atom. The van der Waals surface area contributed by atoms with Gasteiger partial charge in [0.25, 0.3) is 11.8 Å². The largest absolute Gasteiger partial charge is 0.455 e. The van der Waals surface area contributed by atoms with Crippen LogP contribution in [0.15, 0.2) is 59.0 Å². The lowest BCUT2D eigenvalue weighted by molar-refractivity contribution is 0.0918. The molecule has 0 fully saturated rings. The molecule has 3 aromatic carbocycles. The number of hydrogen-bond donors (Lipinski definition) is 2. The van der Waals surface area contributed by atoms with Crippen molar-refractivity contribution in [3.63, 3.8) is 0 Å². The Hall–Kier alpha value is -4.36. The van der Waals surface area contributed by atoms with Crippen molar-refractivity contribution >= 4 is 54.2 Å². The van der Waals surface area contributed by atoms with Gasteiger partial charge in [0.1, 0.15) is 11.3 Å². The van der Waals surface area contributed by atoms with Crippen LogP contribution in [0, 0.1) is 6.92 Å². The number of anilines is 2. The van der Waals surface area contributed by atoms with Crippen molar-refractivity contribution in [3.05, 3.63) is 71.3 Å². The van der Waals surface area contributed by atoms with Gasteiger partial charge < -0.3 is 15.1 Å². The first-order chi connectivity index (χ1) is 21.9. The van der Waals surface area contributed by atoms with Gasteiger partial charge in [0, 0.05) is 53.8 Å². The molecule has 2 amide bonds. The minimum Gasteiger partial charge on any atom is -0.455 e. The fourth-order valence-corrected chi connectivity index (χ4v) is 7.66. The van der Waals surface area contributed by atoms with Crippen molar-refractivity contribution in [3.8, 4) is 22.5 Å². The summed E-state index contributed by atoms with van der Waals surface area (Å²) >= 11 is 0. The highest BCUT2D eigenvalue weighted by molar-refractivity contribution is 7.92. The van der Waals surface area contributed by atoms with Crippen molar-refractivity contribution in [2.24, 2.45) is 0 Å². The molecule has 2 heterocycles. The summed E-state index contributed by atoms with van der Waals surface area (Å²) in [4.78, 5) is 27.0. The van der Waals surface area contributed by atoms with E-state index in [1.165, 1.54) is 21.7 Å². The van der Waals surface area contributed by atoms with E-state index in [4.69, 9.17) is 4.42 Å². The van der Waals surface area contributed by atoms with E-state index in [0.717, 1.165) is 18.1 Å². The van der Waals surface area contributed by atoms with Gasteiger partial charge in [-0.3, -0.25) is 18.2 Å². The molecule has 1 aliphatic heterocycles. The van der Waals surface area contributed by atoms with E-state index in [1.54, 1.807) is 24.3 Å². The number of amides is 2. The van der Waals surface area contributed by atoms with E-state index in [1.807, 2.05) is 52.0 Å². The summed E-state index contributed by atoms with van der Waals surface area (Å²) in [6.07, 6.45) is 2.91. The quantitative estimate of drug-likeness (QED) is 0.291. The average molecular weight is 681 g/mol. The molecule has 250 valence electrons. The van der Waals surface area contributed by atoms with Crippen LogP contribution < -0.4 is 19.2 Å². The van der Waals surface area contributed by atoms with Gasteiger partial charge in [0.2, 0.25) is 20.0 Å². The number of aryl methyl sites for hydroxylation is 1. The Morgan fingerprint density at radius 1 is 0.809 bits per heavy atom. The Kier molecular flexibility index (Phi) is 8.93. The molecule has 4 aromatic rings. The van der Waals surface area contributed by atoms with Crippen LogP contribution in [-0.2, 0) is 20.0 Å². The van der Waals surface area contributed by atoms with E-state index in [-0.39, 0.29) is 35.6 Å². The predicted octanol–water partition coefficient (Wildman–Crippen LogP) is 5.29. The van der Waals surface area contributed by atoms with Crippen molar-refractivity contribution < 1.29 is 30.8 Å². The molecular formula is C34H40N4O7S2. The molecule has 1 aliphatic rings. The Balaban J connectivity index is 1.90. The maximum Gasteiger partial charge on any atom is 0.255 e. The lowest BCUT2D eigenvalue weighted by Crippen LogP contribution is -2.40. The third-order valence-corrected chi connectivity index (χ3v) is 10.3. The van der Waals surface area contributed by atoms with E-state index < -0.39 is 37.4 Å². The summed E-state index contributed by atoms with van der Waals surface area (Å²) < 4.78 is 61.7. The van der Waals surface area contributed by atoms with Crippen LogP contribution in [0.1, 0.15) is 59.9 Å². The van der Waals surface area contributed by atoms with Gasteiger partial charge in [0.05, 0.1) is 29.4 Å². The number of rotatable bonds is 5. The molecule has 0 saturated heterocycles. The number of furan rings is 1. The van der Waals surface area contributed by atoms with Gasteiger partial charge in [-0.2, -0.15) is 0 Å². The molecule has 11 nitrogen and oxygen atoms in total. The van der Waals surface area contributed by atoms with Gasteiger partial charge in [-0.05, 0) is 70.4 Å². The normalized spacial score (nSPS) is 14.4. The summed E-state index contributed by atoms with van der Waals surface area (Å²) in [5.74, 6) is -0.516. The van der Waals surface area contributed by atoms with Gasteiger partial charge >= 0.3 is 0 Å². The standard InChI is InChI=1S/C34H40N4O7S2/c1-21-10-12-22(13-11-21)31-30(33(40)35-5)27-19-26-23-16-24(32(39)36-34(2,3)4)18-25(17-23)37(46(6,41)42)14-8-9-15-38(47(7,43)44)28(26)20-29(27)45-31/h10-13,16-20H,8-9,14-15H2,1-7H3,(H,35,40)(H,36,39). The van der Waals surface area contributed by atoms with Crippen LogP contribution in [0.5, 0.6) is 0 Å². The Morgan fingerprint density at radius 2 is 1.43 bits per heavy atom. The van der Waals surface area contributed by atoms with E-state index >= 15 is 0 Å². The molecule has 0 spiro atoms. The highest BCUT2D eigenvalue weighted by atomic mass is 32.2. The molecule has 47 heavy (non-hydrogen) atoms. The Labute approximate surface area is 276 Å². The molecule has 2 bridgehead atoms. The number of carbonyl (C=O) groups is 2. The summed E-state index contributed by atoms with van der Waals surface area (Å²) in [6.45, 7) is 7.60. The maximum atomic E-state index is 13.5. The SMILES string of the molecule is CNC(=O)c1c(-c2ccc(C)cc2)oc2cc3c(cc12)-c1cc(C(=O)NC(C)(C)C)cc(c1)N(S(C)(=O)=O)CCCCN3S(C)(=O)=O. The maximum absolute atomic E-state index is 13.5. The molecule has 5 rings (SSSR count). The van der Waals surface area contributed by atoms with Gasteiger partial charge in [0.15, 0.2) is 0 Å². The fraction of sp³-hybridized carbons (Fsp3) is 0.353. The van der Waals surface area contributed by atoms with Crippen LogP contribution in [0.2, 0.25) is 0 Å². The lowest BCUT2D eigenvalue weighted by atomic mass is 9.96. The zero-order valence-electron chi connectivity index (χ0n) is 27.6. The second kappa shape index (κ2) is 12.3. The predicted molar refractivity (Wildman–Crippen MR) is 186 cm³/mol. The summed E-state index contributed by atoms with van der Waals surface area (Å²) in [7, 11) is -6.12.